The van der Waals surface area contributed by atoms with Gasteiger partial charge >= 0.3 is 6.61 Å². The molecule has 25 heavy (non-hydrogen) atoms. The van der Waals surface area contributed by atoms with Crippen molar-refractivity contribution in [2.75, 3.05) is 17.7 Å². The Hall–Kier alpha value is -2.90. The maximum Gasteiger partial charge on any atom is 0.387 e. The SMILES string of the molecule is COc1ccc(NC(C)C(=O)Nc2ccc(F)cc2)cc1OC(F)F. The summed E-state index contributed by atoms with van der Waals surface area (Å²) in [7, 11) is 1.33. The highest BCUT2D eigenvalue weighted by Crippen LogP contribution is 2.31. The monoisotopic (exact) mass is 354 g/mol. The predicted octanol–water partition coefficient (Wildman–Crippen LogP) is 3.87. The molecule has 5 nitrogen and oxygen atoms in total. The lowest BCUT2D eigenvalue weighted by Crippen LogP contribution is -2.31. The number of halogens is 3. The van der Waals surface area contributed by atoms with Gasteiger partial charge in [-0.3, -0.25) is 4.79 Å². The number of ether oxygens (including phenoxy) is 2. The molecule has 0 aliphatic carbocycles. The maximum absolute atomic E-state index is 12.9. The third-order valence-electron chi connectivity index (χ3n) is 3.27. The second kappa shape index (κ2) is 8.27. The van der Waals surface area contributed by atoms with Gasteiger partial charge in [-0.1, -0.05) is 0 Å². The highest BCUT2D eigenvalue weighted by Gasteiger charge is 2.16. The van der Waals surface area contributed by atoms with Gasteiger partial charge in [0.1, 0.15) is 11.9 Å². The van der Waals surface area contributed by atoms with Crippen LogP contribution in [0.4, 0.5) is 24.5 Å². The minimum Gasteiger partial charge on any atom is -0.493 e. The Morgan fingerprint density at radius 1 is 1.04 bits per heavy atom. The summed E-state index contributed by atoms with van der Waals surface area (Å²) < 4.78 is 47.1. The first kappa shape index (κ1) is 18.4. The van der Waals surface area contributed by atoms with Gasteiger partial charge in [0.15, 0.2) is 11.5 Å². The van der Waals surface area contributed by atoms with Crippen molar-refractivity contribution in [1.29, 1.82) is 0 Å². The van der Waals surface area contributed by atoms with Gasteiger partial charge in [-0.15, -0.1) is 0 Å². The molecule has 2 aromatic carbocycles. The number of rotatable bonds is 7. The smallest absolute Gasteiger partial charge is 0.387 e. The molecule has 0 saturated carbocycles. The Bertz CT molecular complexity index is 724. The fraction of sp³-hybridized carbons (Fsp3) is 0.235. The molecule has 0 spiro atoms. The molecule has 1 unspecified atom stereocenters. The second-order valence-electron chi connectivity index (χ2n) is 5.11. The van der Waals surface area contributed by atoms with Gasteiger partial charge in [0.2, 0.25) is 5.91 Å². The molecular formula is C17H17F3N2O3. The fourth-order valence-corrected chi connectivity index (χ4v) is 2.05. The Morgan fingerprint density at radius 2 is 1.68 bits per heavy atom. The number of alkyl halides is 2. The van der Waals surface area contributed by atoms with E-state index in [2.05, 4.69) is 15.4 Å². The van der Waals surface area contributed by atoms with Crippen LogP contribution < -0.4 is 20.1 Å². The first-order valence-corrected chi connectivity index (χ1v) is 7.35. The average Bonchev–Trinajstić information content (AvgIpc) is 2.56. The summed E-state index contributed by atoms with van der Waals surface area (Å²) in [6.07, 6.45) is 0. The Kier molecular flexibility index (Phi) is 6.10. The largest absolute Gasteiger partial charge is 0.493 e. The number of nitrogens with one attached hydrogen (secondary N) is 2. The molecule has 134 valence electrons. The molecule has 0 radical (unpaired) electrons. The molecule has 1 amide bonds. The normalized spacial score (nSPS) is 11.8. The minimum atomic E-state index is -3.00. The number of hydrogen-bond donors (Lipinski definition) is 2. The molecule has 1 atom stereocenters. The second-order valence-corrected chi connectivity index (χ2v) is 5.11. The van der Waals surface area contributed by atoms with E-state index in [4.69, 9.17) is 4.74 Å². The van der Waals surface area contributed by atoms with Crippen molar-refractivity contribution in [1.82, 2.24) is 0 Å². The number of benzene rings is 2. The molecule has 0 aromatic heterocycles. The van der Waals surface area contributed by atoms with E-state index >= 15 is 0 Å². The summed E-state index contributed by atoms with van der Waals surface area (Å²) in [5, 5.41) is 5.49. The number of hydrogen-bond acceptors (Lipinski definition) is 4. The molecule has 0 aliphatic rings. The van der Waals surface area contributed by atoms with Gasteiger partial charge in [-0.05, 0) is 43.3 Å². The standard InChI is InChI=1S/C17H17F3N2O3/c1-10(16(23)22-12-5-3-11(18)4-6-12)21-13-7-8-14(24-2)15(9-13)25-17(19)20/h3-10,17,21H,1-2H3,(H,22,23). The summed E-state index contributed by atoms with van der Waals surface area (Å²) in [5.41, 5.74) is 0.842. The molecule has 0 fully saturated rings. The van der Waals surface area contributed by atoms with Gasteiger partial charge in [0.05, 0.1) is 7.11 Å². The summed E-state index contributed by atoms with van der Waals surface area (Å²) in [6, 6.07) is 8.97. The first-order chi connectivity index (χ1) is 11.9. The molecule has 2 N–H and O–H groups in total. The molecule has 0 bridgehead atoms. The van der Waals surface area contributed by atoms with Gasteiger partial charge in [0, 0.05) is 17.4 Å². The van der Waals surface area contributed by atoms with Crippen LogP contribution in [-0.4, -0.2) is 25.7 Å². The maximum atomic E-state index is 12.9. The topological polar surface area (TPSA) is 59.6 Å². The molecule has 2 aromatic rings. The number of amides is 1. The van der Waals surface area contributed by atoms with E-state index in [1.54, 1.807) is 13.0 Å². The third-order valence-corrected chi connectivity index (χ3v) is 3.27. The van der Waals surface area contributed by atoms with Crippen molar-refractivity contribution in [3.05, 3.63) is 48.3 Å². The highest BCUT2D eigenvalue weighted by molar-refractivity contribution is 5.96. The first-order valence-electron chi connectivity index (χ1n) is 7.35. The summed E-state index contributed by atoms with van der Waals surface area (Å²) >= 11 is 0. The van der Waals surface area contributed by atoms with Crippen LogP contribution in [-0.2, 0) is 4.79 Å². The van der Waals surface area contributed by atoms with Crippen molar-refractivity contribution < 1.29 is 27.4 Å². The van der Waals surface area contributed by atoms with E-state index in [0.717, 1.165) is 0 Å². The zero-order valence-electron chi connectivity index (χ0n) is 13.6. The van der Waals surface area contributed by atoms with Crippen molar-refractivity contribution in [2.24, 2.45) is 0 Å². The zero-order valence-corrected chi connectivity index (χ0v) is 13.6. The van der Waals surface area contributed by atoms with Crippen LogP contribution in [0.3, 0.4) is 0 Å². The number of carbonyl (C=O) groups excluding carboxylic acids is 1. The summed E-state index contributed by atoms with van der Waals surface area (Å²) in [5.74, 6) is -0.782. The molecular weight excluding hydrogens is 337 g/mol. The summed E-state index contributed by atoms with van der Waals surface area (Å²) in [4.78, 5) is 12.1. The van der Waals surface area contributed by atoms with E-state index in [1.165, 1.54) is 43.5 Å². The number of methoxy groups -OCH3 is 1. The number of carbonyl (C=O) groups is 1. The summed E-state index contributed by atoms with van der Waals surface area (Å²) in [6.45, 7) is -1.40. The van der Waals surface area contributed by atoms with Crippen LogP contribution >= 0.6 is 0 Å². The lowest BCUT2D eigenvalue weighted by molar-refractivity contribution is -0.116. The lowest BCUT2D eigenvalue weighted by Gasteiger charge is -2.17. The predicted molar refractivity (Wildman–Crippen MR) is 87.7 cm³/mol. The molecule has 0 aliphatic heterocycles. The van der Waals surface area contributed by atoms with Crippen molar-refractivity contribution in [3.63, 3.8) is 0 Å². The van der Waals surface area contributed by atoms with E-state index in [-0.39, 0.29) is 17.4 Å². The highest BCUT2D eigenvalue weighted by atomic mass is 19.3. The van der Waals surface area contributed by atoms with Crippen LogP contribution in [0.5, 0.6) is 11.5 Å². The molecule has 8 heteroatoms. The van der Waals surface area contributed by atoms with E-state index in [0.29, 0.717) is 11.4 Å². The Labute approximate surface area is 142 Å². The van der Waals surface area contributed by atoms with Crippen LogP contribution in [0, 0.1) is 5.82 Å². The molecule has 2 rings (SSSR count). The van der Waals surface area contributed by atoms with E-state index in [9.17, 15) is 18.0 Å². The van der Waals surface area contributed by atoms with Crippen LogP contribution in [0.25, 0.3) is 0 Å². The van der Waals surface area contributed by atoms with Gasteiger partial charge in [-0.2, -0.15) is 8.78 Å². The van der Waals surface area contributed by atoms with Gasteiger partial charge < -0.3 is 20.1 Å². The Morgan fingerprint density at radius 3 is 2.28 bits per heavy atom. The van der Waals surface area contributed by atoms with Gasteiger partial charge in [-0.25, -0.2) is 4.39 Å². The van der Waals surface area contributed by atoms with Crippen molar-refractivity contribution in [3.8, 4) is 11.5 Å². The van der Waals surface area contributed by atoms with E-state index in [1.807, 2.05) is 0 Å². The Balaban J connectivity index is 2.04. The zero-order chi connectivity index (χ0) is 18.4. The number of anilines is 2. The van der Waals surface area contributed by atoms with Crippen LogP contribution in [0.1, 0.15) is 6.92 Å². The van der Waals surface area contributed by atoms with Crippen molar-refractivity contribution in [2.45, 2.75) is 19.6 Å². The quantitative estimate of drug-likeness (QED) is 0.792. The fourth-order valence-electron chi connectivity index (χ4n) is 2.05. The van der Waals surface area contributed by atoms with E-state index < -0.39 is 18.5 Å². The van der Waals surface area contributed by atoms with Crippen molar-refractivity contribution >= 4 is 17.3 Å². The molecule has 0 saturated heterocycles. The lowest BCUT2D eigenvalue weighted by atomic mass is 10.2. The molecule has 0 heterocycles. The van der Waals surface area contributed by atoms with Crippen LogP contribution in [0.15, 0.2) is 42.5 Å². The average molecular weight is 354 g/mol. The van der Waals surface area contributed by atoms with Crippen LogP contribution in [0.2, 0.25) is 0 Å². The van der Waals surface area contributed by atoms with Gasteiger partial charge in [0.25, 0.3) is 0 Å². The third kappa shape index (κ3) is 5.30. The minimum absolute atomic E-state index is 0.145.